The van der Waals surface area contributed by atoms with E-state index in [-0.39, 0.29) is 17.9 Å². The molecule has 1 saturated heterocycles. The number of ether oxygens (including phenoxy) is 1. The molecular weight excluding hydrogens is 390 g/mol. The van der Waals surface area contributed by atoms with Gasteiger partial charge in [0.25, 0.3) is 11.8 Å². The van der Waals surface area contributed by atoms with Gasteiger partial charge in [-0.25, -0.2) is 0 Å². The Kier molecular flexibility index (Phi) is 7.33. The zero-order valence-electron chi connectivity index (χ0n) is 17.9. The Labute approximate surface area is 184 Å². The lowest BCUT2D eigenvalue weighted by Gasteiger charge is -2.26. The second-order valence-corrected chi connectivity index (χ2v) is 8.39. The average molecular weight is 422 g/mol. The molecule has 1 aliphatic heterocycles. The topological polar surface area (TPSA) is 70.7 Å². The largest absolute Gasteiger partial charge is 0.379 e. The van der Waals surface area contributed by atoms with Gasteiger partial charge >= 0.3 is 0 Å². The summed E-state index contributed by atoms with van der Waals surface area (Å²) in [6, 6.07) is 15.1. The van der Waals surface area contributed by atoms with Gasteiger partial charge in [0.15, 0.2) is 0 Å². The quantitative estimate of drug-likeness (QED) is 0.744. The summed E-state index contributed by atoms with van der Waals surface area (Å²) in [5.74, 6) is -0.334. The molecule has 1 aliphatic carbocycles. The van der Waals surface area contributed by atoms with E-state index < -0.39 is 0 Å². The molecule has 0 aromatic heterocycles. The Bertz CT molecular complexity index is 885. The van der Waals surface area contributed by atoms with Crippen molar-refractivity contribution in [2.24, 2.45) is 0 Å². The van der Waals surface area contributed by atoms with Gasteiger partial charge in [-0.15, -0.1) is 0 Å². The number of para-hydroxylation sites is 1. The van der Waals surface area contributed by atoms with Crippen molar-refractivity contribution in [2.75, 3.05) is 31.6 Å². The first-order valence-corrected chi connectivity index (χ1v) is 11.3. The van der Waals surface area contributed by atoms with E-state index in [2.05, 4.69) is 15.5 Å². The molecule has 0 atom stereocenters. The average Bonchev–Trinajstić information content (AvgIpc) is 2.81. The van der Waals surface area contributed by atoms with Crippen LogP contribution in [0.15, 0.2) is 48.5 Å². The van der Waals surface area contributed by atoms with Gasteiger partial charge in [0, 0.05) is 31.2 Å². The number of benzene rings is 2. The lowest BCUT2D eigenvalue weighted by atomic mass is 9.95. The molecule has 2 N–H and O–H groups in total. The fraction of sp³-hybridized carbons (Fsp3) is 0.440. The van der Waals surface area contributed by atoms with Gasteiger partial charge in [-0.1, -0.05) is 43.5 Å². The number of carbonyl (C=O) groups is 2. The predicted molar refractivity (Wildman–Crippen MR) is 121 cm³/mol. The third-order valence-corrected chi connectivity index (χ3v) is 6.09. The summed E-state index contributed by atoms with van der Waals surface area (Å²) >= 11 is 0. The number of nitrogens with one attached hydrogen (secondary N) is 2. The standard InChI is InChI=1S/C25H31N3O3/c29-24(20-12-10-19(11-13-20)18-28-14-16-31-17-15-28)27-23-9-5-4-8-22(23)25(30)26-21-6-2-1-3-7-21/h4-5,8-13,21H,1-3,6-7,14-18H2,(H,26,30)(H,27,29). The van der Waals surface area contributed by atoms with Gasteiger partial charge in [-0.2, -0.15) is 0 Å². The SMILES string of the molecule is O=C(Nc1ccccc1C(=O)NC1CCCCC1)c1ccc(CN2CCOCC2)cc1. The fourth-order valence-corrected chi connectivity index (χ4v) is 4.27. The van der Waals surface area contributed by atoms with Crippen LogP contribution in [0.4, 0.5) is 5.69 Å². The summed E-state index contributed by atoms with van der Waals surface area (Å²) in [4.78, 5) is 28.0. The Balaban J connectivity index is 1.38. The molecule has 0 radical (unpaired) electrons. The van der Waals surface area contributed by atoms with Crippen molar-refractivity contribution in [2.45, 2.75) is 44.7 Å². The summed E-state index contributed by atoms with van der Waals surface area (Å²) in [6.07, 6.45) is 5.61. The van der Waals surface area contributed by atoms with Gasteiger partial charge in [0.2, 0.25) is 0 Å². The number of hydrogen-bond donors (Lipinski definition) is 2. The molecule has 4 rings (SSSR count). The van der Waals surface area contributed by atoms with Gasteiger partial charge in [-0.05, 0) is 42.7 Å². The third-order valence-electron chi connectivity index (χ3n) is 6.09. The molecule has 0 unspecified atom stereocenters. The summed E-state index contributed by atoms with van der Waals surface area (Å²) in [6.45, 7) is 4.27. The second-order valence-electron chi connectivity index (χ2n) is 8.39. The lowest BCUT2D eigenvalue weighted by molar-refractivity contribution is 0.0342. The molecule has 2 fully saturated rings. The van der Waals surface area contributed by atoms with Crippen LogP contribution in [0.5, 0.6) is 0 Å². The van der Waals surface area contributed by atoms with E-state index in [1.807, 2.05) is 36.4 Å². The molecule has 164 valence electrons. The van der Waals surface area contributed by atoms with E-state index in [4.69, 9.17) is 4.74 Å². The molecule has 2 amide bonds. The summed E-state index contributed by atoms with van der Waals surface area (Å²) in [7, 11) is 0. The van der Waals surface area contributed by atoms with Crippen LogP contribution in [0.25, 0.3) is 0 Å². The number of nitrogens with zero attached hydrogens (tertiary/aromatic N) is 1. The van der Waals surface area contributed by atoms with Crippen molar-refractivity contribution in [3.05, 3.63) is 65.2 Å². The Morgan fingerprint density at radius 3 is 2.35 bits per heavy atom. The fourth-order valence-electron chi connectivity index (χ4n) is 4.27. The van der Waals surface area contributed by atoms with Crippen LogP contribution in [0.3, 0.4) is 0 Å². The number of anilines is 1. The molecule has 6 heteroatoms. The Morgan fingerprint density at radius 1 is 0.903 bits per heavy atom. The summed E-state index contributed by atoms with van der Waals surface area (Å²) < 4.78 is 5.39. The number of morpholine rings is 1. The molecule has 31 heavy (non-hydrogen) atoms. The van der Waals surface area contributed by atoms with Crippen molar-refractivity contribution < 1.29 is 14.3 Å². The van der Waals surface area contributed by atoms with Crippen molar-refractivity contribution >= 4 is 17.5 Å². The van der Waals surface area contributed by atoms with Gasteiger partial charge < -0.3 is 15.4 Å². The highest BCUT2D eigenvalue weighted by molar-refractivity contribution is 6.09. The number of carbonyl (C=O) groups excluding carboxylic acids is 2. The number of hydrogen-bond acceptors (Lipinski definition) is 4. The number of rotatable bonds is 6. The van der Waals surface area contributed by atoms with E-state index >= 15 is 0 Å². The van der Waals surface area contributed by atoms with Crippen molar-refractivity contribution in [1.29, 1.82) is 0 Å². The zero-order chi connectivity index (χ0) is 21.5. The molecule has 0 bridgehead atoms. The predicted octanol–water partition coefficient (Wildman–Crippen LogP) is 3.83. The first-order chi connectivity index (χ1) is 15.2. The van der Waals surface area contributed by atoms with Gasteiger partial charge in [-0.3, -0.25) is 14.5 Å². The molecule has 1 heterocycles. The molecule has 1 saturated carbocycles. The van der Waals surface area contributed by atoms with E-state index in [0.717, 1.165) is 58.5 Å². The molecule has 0 spiro atoms. The van der Waals surface area contributed by atoms with E-state index in [1.165, 1.54) is 12.0 Å². The molecule has 6 nitrogen and oxygen atoms in total. The molecular formula is C25H31N3O3. The minimum Gasteiger partial charge on any atom is -0.379 e. The van der Waals surface area contributed by atoms with Gasteiger partial charge in [0.05, 0.1) is 24.5 Å². The van der Waals surface area contributed by atoms with Crippen LogP contribution >= 0.6 is 0 Å². The summed E-state index contributed by atoms with van der Waals surface area (Å²) in [5, 5.41) is 6.05. The maximum atomic E-state index is 12.8. The molecule has 2 aromatic rings. The number of amides is 2. The highest BCUT2D eigenvalue weighted by atomic mass is 16.5. The van der Waals surface area contributed by atoms with Crippen LogP contribution in [0, 0.1) is 0 Å². The van der Waals surface area contributed by atoms with E-state index in [9.17, 15) is 9.59 Å². The van der Waals surface area contributed by atoms with Crippen LogP contribution in [-0.2, 0) is 11.3 Å². The molecule has 2 aromatic carbocycles. The van der Waals surface area contributed by atoms with E-state index in [1.54, 1.807) is 12.1 Å². The van der Waals surface area contributed by atoms with Crippen molar-refractivity contribution in [1.82, 2.24) is 10.2 Å². The maximum Gasteiger partial charge on any atom is 0.255 e. The first kappa shape index (κ1) is 21.5. The summed E-state index contributed by atoms with van der Waals surface area (Å²) in [5.41, 5.74) is 2.79. The Hall–Kier alpha value is -2.70. The first-order valence-electron chi connectivity index (χ1n) is 11.3. The third kappa shape index (κ3) is 5.93. The van der Waals surface area contributed by atoms with Gasteiger partial charge in [0.1, 0.15) is 0 Å². The second kappa shape index (κ2) is 10.6. The Morgan fingerprint density at radius 2 is 1.61 bits per heavy atom. The van der Waals surface area contributed by atoms with E-state index in [0.29, 0.717) is 16.8 Å². The lowest BCUT2D eigenvalue weighted by Crippen LogP contribution is -2.36. The molecule has 2 aliphatic rings. The highest BCUT2D eigenvalue weighted by Gasteiger charge is 2.19. The minimum absolute atomic E-state index is 0.122. The highest BCUT2D eigenvalue weighted by Crippen LogP contribution is 2.21. The minimum atomic E-state index is -0.212. The zero-order valence-corrected chi connectivity index (χ0v) is 17.9. The maximum absolute atomic E-state index is 12.8. The van der Waals surface area contributed by atoms with Crippen molar-refractivity contribution in [3.63, 3.8) is 0 Å². The normalized spacial score (nSPS) is 17.8. The van der Waals surface area contributed by atoms with Crippen LogP contribution in [-0.4, -0.2) is 49.1 Å². The van der Waals surface area contributed by atoms with Crippen LogP contribution in [0.1, 0.15) is 58.4 Å². The van der Waals surface area contributed by atoms with Crippen LogP contribution in [0.2, 0.25) is 0 Å². The van der Waals surface area contributed by atoms with Crippen molar-refractivity contribution in [3.8, 4) is 0 Å². The monoisotopic (exact) mass is 421 g/mol. The smallest absolute Gasteiger partial charge is 0.255 e. The van der Waals surface area contributed by atoms with Crippen LogP contribution < -0.4 is 10.6 Å².